The number of carboxylic acid groups (broad SMARTS) is 1. The predicted octanol–water partition coefficient (Wildman–Crippen LogP) is 4.51. The molecule has 0 saturated heterocycles. The van der Waals surface area contributed by atoms with E-state index in [1.807, 2.05) is 4.40 Å². The number of carbonyl (C=O) groups is 3. The van der Waals surface area contributed by atoms with Crippen molar-refractivity contribution >= 4 is 34.9 Å². The Balaban J connectivity index is 1.38. The number of anilines is 2. The fraction of sp³-hybridized carbons (Fsp3) is 0.310. The maximum Gasteiger partial charge on any atom is 0.416 e. The first-order chi connectivity index (χ1) is 20.2. The van der Waals surface area contributed by atoms with Crippen LogP contribution >= 0.6 is 0 Å². The summed E-state index contributed by atoms with van der Waals surface area (Å²) in [6.07, 6.45) is 1.33. The van der Waals surface area contributed by atoms with Crippen molar-refractivity contribution < 1.29 is 32.7 Å². The molecule has 0 bridgehead atoms. The van der Waals surface area contributed by atoms with Gasteiger partial charge in [0.2, 0.25) is 5.91 Å². The number of fused-ring (bicyclic) bond motifs is 1. The van der Waals surface area contributed by atoms with E-state index in [0.717, 1.165) is 18.3 Å². The molecule has 2 amide bonds. The van der Waals surface area contributed by atoms with E-state index in [1.165, 1.54) is 26.0 Å². The van der Waals surface area contributed by atoms with Crippen molar-refractivity contribution in [3.63, 3.8) is 0 Å². The molecule has 0 spiro atoms. The summed E-state index contributed by atoms with van der Waals surface area (Å²) in [5, 5.41) is 14.3. The van der Waals surface area contributed by atoms with Gasteiger partial charge in [0, 0.05) is 41.6 Å². The molecule has 224 valence electrons. The van der Waals surface area contributed by atoms with Crippen LogP contribution in [-0.4, -0.2) is 47.8 Å². The van der Waals surface area contributed by atoms with E-state index in [-0.39, 0.29) is 34.9 Å². The molecule has 3 aromatic heterocycles. The molecule has 2 atom stereocenters. The number of carbonyl (C=O) groups excluding carboxylic acids is 2. The van der Waals surface area contributed by atoms with Gasteiger partial charge in [-0.25, -0.2) is 19.7 Å². The summed E-state index contributed by atoms with van der Waals surface area (Å²) in [5.74, 6) is -1.93. The average Bonchev–Trinajstić information content (AvgIpc) is 3.59. The van der Waals surface area contributed by atoms with Gasteiger partial charge in [-0.15, -0.1) is 0 Å². The highest BCUT2D eigenvalue weighted by molar-refractivity contribution is 6.04. The Morgan fingerprint density at radius 2 is 1.77 bits per heavy atom. The zero-order valence-corrected chi connectivity index (χ0v) is 23.1. The Labute approximate surface area is 243 Å². The summed E-state index contributed by atoms with van der Waals surface area (Å²) in [6.45, 7) is 2.86. The highest BCUT2D eigenvalue weighted by Gasteiger charge is 2.37. The minimum absolute atomic E-state index is 0.114. The van der Waals surface area contributed by atoms with E-state index in [4.69, 9.17) is 10.7 Å². The molecule has 4 aromatic rings. The van der Waals surface area contributed by atoms with Gasteiger partial charge in [-0.3, -0.25) is 14.0 Å². The molecule has 14 heteroatoms. The molecule has 43 heavy (non-hydrogen) atoms. The molecule has 11 nitrogen and oxygen atoms in total. The Bertz CT molecular complexity index is 1720. The first-order valence-electron chi connectivity index (χ1n) is 13.4. The number of imidazole rings is 1. The second-order valence-corrected chi connectivity index (χ2v) is 10.9. The fourth-order valence-corrected chi connectivity index (χ4v) is 5.14. The molecule has 3 heterocycles. The minimum atomic E-state index is -4.57. The molecule has 0 aliphatic heterocycles. The number of alkyl halides is 3. The van der Waals surface area contributed by atoms with Gasteiger partial charge in [0.05, 0.1) is 5.56 Å². The van der Waals surface area contributed by atoms with Gasteiger partial charge in [-0.2, -0.15) is 13.2 Å². The van der Waals surface area contributed by atoms with E-state index in [0.29, 0.717) is 41.9 Å². The number of hydrogen-bond donors (Lipinski definition) is 4. The van der Waals surface area contributed by atoms with Crippen LogP contribution in [0, 0.1) is 5.92 Å². The first kappa shape index (κ1) is 29.5. The lowest BCUT2D eigenvalue weighted by atomic mass is 10.0. The fourth-order valence-electron chi connectivity index (χ4n) is 5.14. The summed E-state index contributed by atoms with van der Waals surface area (Å²) in [4.78, 5) is 49.9. The second kappa shape index (κ2) is 11.0. The maximum absolute atomic E-state index is 13.0. The number of rotatable bonds is 7. The number of nitrogen functional groups attached to an aromatic ring is 1. The molecule has 1 aromatic carbocycles. The van der Waals surface area contributed by atoms with Crippen LogP contribution in [0.4, 0.5) is 24.8 Å². The number of halogens is 3. The Morgan fingerprint density at radius 1 is 1.05 bits per heavy atom. The van der Waals surface area contributed by atoms with Gasteiger partial charge >= 0.3 is 12.1 Å². The lowest BCUT2D eigenvalue weighted by molar-refractivity contribution is -0.146. The van der Waals surface area contributed by atoms with E-state index in [9.17, 15) is 32.7 Å². The first-order valence-corrected chi connectivity index (χ1v) is 13.4. The van der Waals surface area contributed by atoms with Crippen LogP contribution in [0.15, 0.2) is 55.0 Å². The number of aromatic nitrogens is 4. The average molecular weight is 596 g/mol. The minimum Gasteiger partial charge on any atom is -0.480 e. The van der Waals surface area contributed by atoms with Crippen molar-refractivity contribution in [2.45, 2.75) is 50.7 Å². The van der Waals surface area contributed by atoms with Gasteiger partial charge in [0.1, 0.15) is 34.2 Å². The third-order valence-corrected chi connectivity index (χ3v) is 7.50. The lowest BCUT2D eigenvalue weighted by Gasteiger charge is -2.23. The van der Waals surface area contributed by atoms with Crippen LogP contribution < -0.4 is 16.4 Å². The molecule has 5 N–H and O–H groups in total. The molecule has 1 aliphatic carbocycles. The van der Waals surface area contributed by atoms with Crippen LogP contribution in [-0.2, 0) is 15.8 Å². The van der Waals surface area contributed by atoms with Gasteiger partial charge in [0.15, 0.2) is 0 Å². The molecule has 0 unspecified atom stereocenters. The Kier molecular flexibility index (Phi) is 7.54. The number of aliphatic carboxylic acids is 1. The van der Waals surface area contributed by atoms with Gasteiger partial charge in [-0.1, -0.05) is 12.1 Å². The van der Waals surface area contributed by atoms with Crippen molar-refractivity contribution in [2.24, 2.45) is 5.92 Å². The summed E-state index contributed by atoms with van der Waals surface area (Å²) in [7, 11) is 0. The van der Waals surface area contributed by atoms with Crippen molar-refractivity contribution in [1.29, 1.82) is 0 Å². The third kappa shape index (κ3) is 5.98. The van der Waals surface area contributed by atoms with Crippen LogP contribution in [0.3, 0.4) is 0 Å². The van der Waals surface area contributed by atoms with Crippen LogP contribution in [0.25, 0.3) is 16.8 Å². The van der Waals surface area contributed by atoms with Crippen molar-refractivity contribution in [1.82, 2.24) is 24.7 Å². The summed E-state index contributed by atoms with van der Waals surface area (Å²) in [5.41, 5.74) is 5.78. The molecular formula is C29H28F3N7O4. The van der Waals surface area contributed by atoms with Crippen LogP contribution in [0.5, 0.6) is 0 Å². The molecule has 0 radical (unpaired) electrons. The van der Waals surface area contributed by atoms with Crippen molar-refractivity contribution in [3.8, 4) is 11.3 Å². The van der Waals surface area contributed by atoms with Crippen molar-refractivity contribution in [3.05, 3.63) is 71.9 Å². The molecule has 5 rings (SSSR count). The number of benzene rings is 1. The van der Waals surface area contributed by atoms with E-state index >= 15 is 0 Å². The maximum atomic E-state index is 13.0. The molecule has 1 fully saturated rings. The lowest BCUT2D eigenvalue weighted by Crippen LogP contribution is -2.51. The molecular weight excluding hydrogens is 567 g/mol. The number of pyridine rings is 1. The van der Waals surface area contributed by atoms with Crippen LogP contribution in [0.2, 0.25) is 0 Å². The standard InChI is InChI=1S/C29H28F3N7O4/c1-28(2,27(42)43)38-26(41)18-8-7-17(13-18)24-37-21(22-23(33)35-11-12-39(22)24)15-3-5-16(6-4-15)25(40)36-20-14-19(9-10-34-20)29(30,31)32/h3-6,9-12,14,17-18H,7-8,13H2,1-2H3,(H2,33,35)(H,38,41)(H,42,43)(H,34,36,40)/t17-,18+/m1/s1. The zero-order valence-electron chi connectivity index (χ0n) is 23.1. The summed E-state index contributed by atoms with van der Waals surface area (Å²) >= 11 is 0. The summed E-state index contributed by atoms with van der Waals surface area (Å²) < 4.78 is 40.9. The topological polar surface area (TPSA) is 165 Å². The predicted molar refractivity (Wildman–Crippen MR) is 150 cm³/mol. The number of nitrogens with one attached hydrogen (secondary N) is 2. The highest BCUT2D eigenvalue weighted by atomic mass is 19.4. The van der Waals surface area contributed by atoms with E-state index in [1.54, 1.807) is 24.5 Å². The second-order valence-electron chi connectivity index (χ2n) is 10.9. The monoisotopic (exact) mass is 595 g/mol. The largest absolute Gasteiger partial charge is 0.480 e. The van der Waals surface area contributed by atoms with Gasteiger partial charge in [0.25, 0.3) is 5.91 Å². The number of amides is 2. The Morgan fingerprint density at radius 3 is 2.44 bits per heavy atom. The normalized spacial score (nSPS) is 17.1. The smallest absolute Gasteiger partial charge is 0.416 e. The van der Waals surface area contributed by atoms with E-state index < -0.39 is 29.2 Å². The van der Waals surface area contributed by atoms with Gasteiger partial charge in [-0.05, 0) is 57.4 Å². The number of hydrogen-bond acceptors (Lipinski definition) is 7. The number of nitrogens with zero attached hydrogens (tertiary/aromatic N) is 4. The Hall–Kier alpha value is -5.01. The highest BCUT2D eigenvalue weighted by Crippen LogP contribution is 2.41. The SMILES string of the molecule is CC(C)(NC(=O)[C@H]1CC[C@@H](c2nc(-c3ccc(C(=O)Nc4cc(C(F)(F)F)ccn4)cc3)c3c(N)nccn23)C1)C(=O)O. The van der Waals surface area contributed by atoms with Crippen molar-refractivity contribution in [2.75, 3.05) is 11.1 Å². The molecule has 1 saturated carbocycles. The zero-order chi connectivity index (χ0) is 31.1. The quantitative estimate of drug-likeness (QED) is 0.242. The van der Waals surface area contributed by atoms with Crippen LogP contribution in [0.1, 0.15) is 60.8 Å². The van der Waals surface area contributed by atoms with E-state index in [2.05, 4.69) is 20.6 Å². The third-order valence-electron chi connectivity index (χ3n) is 7.50. The summed E-state index contributed by atoms with van der Waals surface area (Å²) in [6, 6.07) is 7.88. The molecule has 1 aliphatic rings. The number of nitrogens with two attached hydrogens (primary N) is 1. The number of carboxylic acids is 1. The van der Waals surface area contributed by atoms with Gasteiger partial charge < -0.3 is 21.5 Å².